The van der Waals surface area contributed by atoms with Gasteiger partial charge in [0.2, 0.25) is 5.91 Å². The van der Waals surface area contributed by atoms with Crippen LogP contribution in [0.1, 0.15) is 40.5 Å². The second-order valence-corrected chi connectivity index (χ2v) is 5.82. The number of ether oxygens (including phenoxy) is 1. The number of hydrogen-bond donors (Lipinski definition) is 2. The Kier molecular flexibility index (Phi) is 6.23. The van der Waals surface area contributed by atoms with Gasteiger partial charge < -0.3 is 15.8 Å². The molecule has 1 saturated heterocycles. The van der Waals surface area contributed by atoms with Gasteiger partial charge in [0.05, 0.1) is 18.8 Å². The van der Waals surface area contributed by atoms with Crippen LogP contribution < -0.4 is 11.1 Å². The maximum atomic E-state index is 12.2. The summed E-state index contributed by atoms with van der Waals surface area (Å²) in [5.74, 6) is -0.0537. The van der Waals surface area contributed by atoms with Gasteiger partial charge in [-0.15, -0.1) is 0 Å². The Hall–Kier alpha value is -0.650. The number of carbonyl (C=O) groups is 1. The van der Waals surface area contributed by atoms with E-state index in [4.69, 9.17) is 10.5 Å². The summed E-state index contributed by atoms with van der Waals surface area (Å²) in [6, 6.07) is 0.385. The van der Waals surface area contributed by atoms with Crippen LogP contribution in [0.15, 0.2) is 0 Å². The molecule has 0 aromatic carbocycles. The molecule has 5 heteroatoms. The van der Waals surface area contributed by atoms with Crippen LogP contribution in [0.5, 0.6) is 0 Å². The highest BCUT2D eigenvalue weighted by Gasteiger charge is 2.30. The van der Waals surface area contributed by atoms with E-state index in [-0.39, 0.29) is 11.9 Å². The molecular weight excluding hydrogens is 242 g/mol. The zero-order valence-corrected chi connectivity index (χ0v) is 12.7. The molecule has 0 bridgehead atoms. The van der Waals surface area contributed by atoms with Crippen LogP contribution in [0.25, 0.3) is 0 Å². The van der Waals surface area contributed by atoms with E-state index in [1.54, 1.807) is 6.92 Å². The first-order valence-corrected chi connectivity index (χ1v) is 7.30. The minimum absolute atomic E-state index is 0.0537. The summed E-state index contributed by atoms with van der Waals surface area (Å²) in [6.07, 6.45) is 1.62. The van der Waals surface area contributed by atoms with Crippen molar-refractivity contribution < 1.29 is 9.53 Å². The highest BCUT2D eigenvalue weighted by atomic mass is 16.5. The summed E-state index contributed by atoms with van der Waals surface area (Å²) in [7, 11) is 0. The Balaban J connectivity index is 2.48. The highest BCUT2D eigenvalue weighted by molar-refractivity contribution is 5.85. The first-order chi connectivity index (χ1) is 8.88. The maximum absolute atomic E-state index is 12.2. The molecule has 1 amide bonds. The third kappa shape index (κ3) is 4.75. The SMILES string of the molecule is CCCC(C)(N)C(=O)NC(C)C(C)N1CCOCC1. The molecule has 0 aliphatic carbocycles. The Morgan fingerprint density at radius 1 is 1.42 bits per heavy atom. The average molecular weight is 271 g/mol. The molecule has 3 unspecified atom stereocenters. The van der Waals surface area contributed by atoms with E-state index in [0.29, 0.717) is 12.5 Å². The van der Waals surface area contributed by atoms with Crippen LogP contribution in [0.2, 0.25) is 0 Å². The number of rotatable bonds is 6. The summed E-state index contributed by atoms with van der Waals surface area (Å²) in [4.78, 5) is 14.5. The standard InChI is InChI=1S/C14H29N3O2/c1-5-6-14(4,15)13(18)16-11(2)12(3)17-7-9-19-10-8-17/h11-12H,5-10,15H2,1-4H3,(H,16,18). The fourth-order valence-electron chi connectivity index (χ4n) is 2.43. The van der Waals surface area contributed by atoms with E-state index in [9.17, 15) is 4.79 Å². The Bertz CT molecular complexity index is 288. The molecule has 1 aliphatic heterocycles. The molecule has 19 heavy (non-hydrogen) atoms. The van der Waals surface area contributed by atoms with E-state index < -0.39 is 5.54 Å². The third-order valence-corrected chi connectivity index (χ3v) is 3.99. The lowest BCUT2D eigenvalue weighted by Gasteiger charge is -2.37. The van der Waals surface area contributed by atoms with Crippen molar-refractivity contribution in [2.24, 2.45) is 5.73 Å². The summed E-state index contributed by atoms with van der Waals surface area (Å²) < 4.78 is 5.35. The average Bonchev–Trinajstić information content (AvgIpc) is 2.38. The number of amides is 1. The minimum atomic E-state index is -0.770. The van der Waals surface area contributed by atoms with Crippen molar-refractivity contribution >= 4 is 5.91 Å². The minimum Gasteiger partial charge on any atom is -0.379 e. The lowest BCUT2D eigenvalue weighted by Crippen LogP contribution is -2.58. The van der Waals surface area contributed by atoms with Crippen LogP contribution in [0, 0.1) is 0 Å². The Morgan fingerprint density at radius 2 is 2.00 bits per heavy atom. The predicted molar refractivity (Wildman–Crippen MR) is 77.0 cm³/mol. The Morgan fingerprint density at radius 3 is 2.53 bits per heavy atom. The molecule has 112 valence electrons. The van der Waals surface area contributed by atoms with E-state index >= 15 is 0 Å². The molecule has 0 saturated carbocycles. The van der Waals surface area contributed by atoms with Crippen LogP contribution in [-0.2, 0) is 9.53 Å². The molecule has 5 nitrogen and oxygen atoms in total. The topological polar surface area (TPSA) is 67.6 Å². The van der Waals surface area contributed by atoms with Crippen LogP contribution in [0.4, 0.5) is 0 Å². The van der Waals surface area contributed by atoms with Gasteiger partial charge in [0.1, 0.15) is 0 Å². The van der Waals surface area contributed by atoms with Crippen molar-refractivity contribution in [2.75, 3.05) is 26.3 Å². The maximum Gasteiger partial charge on any atom is 0.240 e. The fraction of sp³-hybridized carbons (Fsp3) is 0.929. The van der Waals surface area contributed by atoms with E-state index in [1.165, 1.54) is 0 Å². The van der Waals surface area contributed by atoms with Gasteiger partial charge in [-0.2, -0.15) is 0 Å². The lowest BCUT2D eigenvalue weighted by atomic mass is 9.95. The summed E-state index contributed by atoms with van der Waals surface area (Å²) in [5.41, 5.74) is 5.28. The van der Waals surface area contributed by atoms with Crippen molar-refractivity contribution in [1.29, 1.82) is 0 Å². The molecule has 3 N–H and O–H groups in total. The molecule has 1 rings (SSSR count). The number of nitrogens with one attached hydrogen (secondary N) is 1. The van der Waals surface area contributed by atoms with Crippen LogP contribution in [-0.4, -0.2) is 54.7 Å². The molecule has 0 radical (unpaired) electrons. The molecule has 0 spiro atoms. The predicted octanol–water partition coefficient (Wildman–Crippen LogP) is 0.729. The monoisotopic (exact) mass is 271 g/mol. The molecule has 3 atom stereocenters. The molecule has 0 aromatic rings. The lowest BCUT2D eigenvalue weighted by molar-refractivity contribution is -0.127. The molecule has 1 fully saturated rings. The van der Waals surface area contributed by atoms with Gasteiger partial charge in [-0.05, 0) is 27.2 Å². The van der Waals surface area contributed by atoms with Gasteiger partial charge in [0, 0.05) is 25.2 Å². The molecule has 1 aliphatic rings. The van der Waals surface area contributed by atoms with Gasteiger partial charge in [-0.1, -0.05) is 13.3 Å². The highest BCUT2D eigenvalue weighted by Crippen LogP contribution is 2.11. The summed E-state index contributed by atoms with van der Waals surface area (Å²) >= 11 is 0. The van der Waals surface area contributed by atoms with Gasteiger partial charge in [0.15, 0.2) is 0 Å². The van der Waals surface area contributed by atoms with E-state index in [0.717, 1.165) is 32.7 Å². The van der Waals surface area contributed by atoms with Crippen molar-refractivity contribution in [1.82, 2.24) is 10.2 Å². The fourth-order valence-corrected chi connectivity index (χ4v) is 2.43. The molecular formula is C14H29N3O2. The van der Waals surface area contributed by atoms with E-state index in [1.807, 2.05) is 13.8 Å². The van der Waals surface area contributed by atoms with Crippen molar-refractivity contribution in [2.45, 2.75) is 58.2 Å². The second-order valence-electron chi connectivity index (χ2n) is 5.82. The second kappa shape index (κ2) is 7.22. The largest absolute Gasteiger partial charge is 0.379 e. The Labute approximate surface area is 116 Å². The van der Waals surface area contributed by atoms with Gasteiger partial charge in [0.25, 0.3) is 0 Å². The number of carbonyl (C=O) groups excluding carboxylic acids is 1. The van der Waals surface area contributed by atoms with E-state index in [2.05, 4.69) is 17.1 Å². The van der Waals surface area contributed by atoms with Gasteiger partial charge >= 0.3 is 0 Å². The quantitative estimate of drug-likeness (QED) is 0.747. The molecule has 1 heterocycles. The smallest absolute Gasteiger partial charge is 0.240 e. The zero-order chi connectivity index (χ0) is 14.5. The van der Waals surface area contributed by atoms with Crippen molar-refractivity contribution in [3.63, 3.8) is 0 Å². The third-order valence-electron chi connectivity index (χ3n) is 3.99. The summed E-state index contributed by atoms with van der Waals surface area (Å²) in [6.45, 7) is 11.4. The van der Waals surface area contributed by atoms with Gasteiger partial charge in [-0.25, -0.2) is 0 Å². The number of nitrogens with zero attached hydrogens (tertiary/aromatic N) is 1. The summed E-state index contributed by atoms with van der Waals surface area (Å²) in [5, 5.41) is 3.06. The van der Waals surface area contributed by atoms with Crippen molar-refractivity contribution in [3.05, 3.63) is 0 Å². The van der Waals surface area contributed by atoms with Crippen molar-refractivity contribution in [3.8, 4) is 0 Å². The number of nitrogens with two attached hydrogens (primary N) is 1. The normalized spacial score (nSPS) is 23.4. The number of hydrogen-bond acceptors (Lipinski definition) is 4. The number of morpholine rings is 1. The van der Waals surface area contributed by atoms with Crippen LogP contribution in [0.3, 0.4) is 0 Å². The first-order valence-electron chi connectivity index (χ1n) is 7.30. The zero-order valence-electron chi connectivity index (χ0n) is 12.7. The first kappa shape index (κ1) is 16.4. The van der Waals surface area contributed by atoms with Gasteiger partial charge in [-0.3, -0.25) is 9.69 Å². The van der Waals surface area contributed by atoms with Crippen LogP contribution >= 0.6 is 0 Å². The molecule has 0 aromatic heterocycles.